The fourth-order valence-corrected chi connectivity index (χ4v) is 9.64. The molecule has 3 saturated heterocycles. The summed E-state index contributed by atoms with van der Waals surface area (Å²) in [5, 5.41) is 6.63. The van der Waals surface area contributed by atoms with E-state index in [2.05, 4.69) is 20.4 Å². The summed E-state index contributed by atoms with van der Waals surface area (Å²) in [6.07, 6.45) is 22.2. The minimum Gasteiger partial charge on any atom is -0.378 e. The minimum atomic E-state index is 0.164. The zero-order chi connectivity index (χ0) is 56.4. The average molecular weight is 1150 g/mol. The summed E-state index contributed by atoms with van der Waals surface area (Å²) < 4.78 is 69.6. The van der Waals surface area contributed by atoms with Crippen LogP contribution in [0, 0.1) is 0 Å². The lowest BCUT2D eigenvalue weighted by atomic mass is 10.1. The van der Waals surface area contributed by atoms with E-state index < -0.39 is 0 Å². The second kappa shape index (κ2) is 57.7. The molecular formula is C60H118N6O14. The molecule has 2 amide bonds. The Morgan fingerprint density at radius 2 is 0.438 bits per heavy atom. The van der Waals surface area contributed by atoms with Gasteiger partial charge in [0.05, 0.1) is 159 Å². The average Bonchev–Trinajstić information content (AvgIpc) is 3.46. The summed E-state index contributed by atoms with van der Waals surface area (Å²) in [6, 6.07) is 0. The highest BCUT2D eigenvalue weighted by atomic mass is 16.5. The van der Waals surface area contributed by atoms with E-state index in [0.29, 0.717) is 198 Å². The number of carbonyl (C=O) groups is 2. The maximum atomic E-state index is 13.3. The van der Waals surface area contributed by atoms with Crippen molar-refractivity contribution < 1.29 is 66.4 Å². The van der Waals surface area contributed by atoms with Crippen LogP contribution < -0.4 is 10.6 Å². The van der Waals surface area contributed by atoms with Crippen LogP contribution in [0.2, 0.25) is 0 Å². The van der Waals surface area contributed by atoms with Gasteiger partial charge in [-0.3, -0.25) is 19.4 Å². The number of nitrogens with zero attached hydrogens (tertiary/aromatic N) is 4. The molecule has 3 fully saturated rings. The van der Waals surface area contributed by atoms with Crippen molar-refractivity contribution in [2.75, 3.05) is 250 Å². The van der Waals surface area contributed by atoms with Crippen LogP contribution in [-0.2, 0) is 66.4 Å². The Hall–Kier alpha value is -1.70. The number of nitrogens with one attached hydrogen (secondary N) is 2. The molecule has 0 aromatic rings. The predicted octanol–water partition coefficient (Wildman–Crippen LogP) is 5.47. The summed E-state index contributed by atoms with van der Waals surface area (Å²) in [5.74, 6) is 0.329. The first-order valence-corrected chi connectivity index (χ1v) is 32.1. The van der Waals surface area contributed by atoms with E-state index in [1.54, 1.807) is 0 Å². The van der Waals surface area contributed by atoms with Crippen molar-refractivity contribution in [3.8, 4) is 0 Å². The van der Waals surface area contributed by atoms with Gasteiger partial charge in [-0.05, 0) is 38.8 Å². The van der Waals surface area contributed by atoms with Crippen molar-refractivity contribution in [1.29, 1.82) is 0 Å². The van der Waals surface area contributed by atoms with Crippen LogP contribution in [0.3, 0.4) is 0 Å². The van der Waals surface area contributed by atoms with Gasteiger partial charge in [0.1, 0.15) is 0 Å². The monoisotopic (exact) mass is 1150 g/mol. The topological polar surface area (TPSA) is 182 Å². The number of rotatable bonds is 24. The summed E-state index contributed by atoms with van der Waals surface area (Å²) in [4.78, 5) is 35.3. The molecule has 0 radical (unpaired) electrons. The molecule has 0 saturated carbocycles. The molecule has 3 aliphatic rings. The molecule has 0 aliphatic carbocycles. The number of ether oxygens (including phenoxy) is 12. The first-order chi connectivity index (χ1) is 39.7. The predicted molar refractivity (Wildman–Crippen MR) is 314 cm³/mol. The van der Waals surface area contributed by atoms with E-state index in [9.17, 15) is 9.59 Å². The van der Waals surface area contributed by atoms with E-state index >= 15 is 0 Å². The summed E-state index contributed by atoms with van der Waals surface area (Å²) in [7, 11) is 0. The van der Waals surface area contributed by atoms with Gasteiger partial charge < -0.3 is 77.3 Å². The molecule has 20 nitrogen and oxygen atoms in total. The van der Waals surface area contributed by atoms with Crippen molar-refractivity contribution in [3.05, 3.63) is 0 Å². The van der Waals surface area contributed by atoms with Crippen molar-refractivity contribution in [2.45, 2.75) is 128 Å². The van der Waals surface area contributed by atoms with Crippen molar-refractivity contribution >= 4 is 11.8 Å². The fraction of sp³-hybridized carbons (Fsp3) is 0.967. The van der Waals surface area contributed by atoms with Crippen LogP contribution in [0.4, 0.5) is 0 Å². The Balaban J connectivity index is 1.16. The molecular weight excluding hydrogens is 1030 g/mol. The van der Waals surface area contributed by atoms with E-state index in [1.807, 2.05) is 9.80 Å². The van der Waals surface area contributed by atoms with Crippen LogP contribution in [0.25, 0.3) is 0 Å². The Labute approximate surface area is 485 Å². The third kappa shape index (κ3) is 46.7. The van der Waals surface area contributed by atoms with Gasteiger partial charge in [0.25, 0.3) is 0 Å². The standard InChI is InChI=1S/C60H118N6O14/c67-59(19-15-11-7-3-1-5-9-13-17-25-63-27-39-73-51-47-69-35-21-61-22-36-70-48-52-74-40-28-63)65-31-43-77-55-57-79-45-33-66(34-46-80-58-56-78-44-32-65)60(68)20-16-12-8-4-2-6-10-14-18-26-64-29-41-75-53-49-71-37-23-62-24-38-72-50-54-76-42-30-64/h61-62H,1-58H2. The first-order valence-electron chi connectivity index (χ1n) is 32.1. The summed E-state index contributed by atoms with van der Waals surface area (Å²) in [5.41, 5.74) is 0. The van der Waals surface area contributed by atoms with Gasteiger partial charge in [-0.15, -0.1) is 0 Å². The quantitative estimate of drug-likeness (QED) is 0.116. The fourth-order valence-electron chi connectivity index (χ4n) is 9.64. The van der Waals surface area contributed by atoms with E-state index in [4.69, 9.17) is 56.8 Å². The molecule has 20 heteroatoms. The highest BCUT2D eigenvalue weighted by Gasteiger charge is 2.16. The summed E-state index contributed by atoms with van der Waals surface area (Å²) >= 11 is 0. The van der Waals surface area contributed by atoms with Gasteiger partial charge in [0, 0.05) is 91.4 Å². The van der Waals surface area contributed by atoms with Gasteiger partial charge in [-0.2, -0.15) is 0 Å². The number of hydrogen-bond acceptors (Lipinski definition) is 18. The maximum Gasteiger partial charge on any atom is 0.222 e. The normalized spacial score (nSPS) is 21.1. The SMILES string of the molecule is O=C(CCCCCCCCCCCN1CCOCCOCCNCCOCCOCC1)N1CCOCCOCCN(C(=O)CCCCCCCCCCCN2CCOCCOCCNCCOCCOCC2)CCOCCOCC1. The Kier molecular flexibility index (Phi) is 52.3. The zero-order valence-corrected chi connectivity index (χ0v) is 50.5. The van der Waals surface area contributed by atoms with Gasteiger partial charge in [-0.25, -0.2) is 0 Å². The third-order valence-corrected chi connectivity index (χ3v) is 14.6. The third-order valence-electron chi connectivity index (χ3n) is 14.6. The Morgan fingerprint density at radius 1 is 0.237 bits per heavy atom. The van der Waals surface area contributed by atoms with Crippen LogP contribution in [-0.4, -0.2) is 282 Å². The molecule has 3 aliphatic heterocycles. The number of hydrogen-bond donors (Lipinski definition) is 2. The summed E-state index contributed by atoms with van der Waals surface area (Å²) in [6.45, 7) is 25.4. The second-order valence-electron chi connectivity index (χ2n) is 21.2. The van der Waals surface area contributed by atoms with Gasteiger partial charge in [0.2, 0.25) is 11.8 Å². The smallest absolute Gasteiger partial charge is 0.222 e. The number of amides is 2. The Bertz CT molecular complexity index is 1190. The van der Waals surface area contributed by atoms with E-state index in [1.165, 1.54) is 77.0 Å². The minimum absolute atomic E-state index is 0.164. The molecule has 472 valence electrons. The zero-order valence-electron chi connectivity index (χ0n) is 50.5. The molecule has 0 bridgehead atoms. The van der Waals surface area contributed by atoms with E-state index in [-0.39, 0.29) is 11.8 Å². The first kappa shape index (κ1) is 72.6. The van der Waals surface area contributed by atoms with Crippen molar-refractivity contribution in [3.63, 3.8) is 0 Å². The highest BCUT2D eigenvalue weighted by molar-refractivity contribution is 5.76. The second-order valence-corrected chi connectivity index (χ2v) is 21.2. The van der Waals surface area contributed by atoms with Gasteiger partial charge in [0.15, 0.2) is 0 Å². The van der Waals surface area contributed by atoms with Crippen LogP contribution in [0.5, 0.6) is 0 Å². The van der Waals surface area contributed by atoms with Crippen LogP contribution in [0.1, 0.15) is 128 Å². The molecule has 2 N–H and O–H groups in total. The lowest BCUT2D eigenvalue weighted by Crippen LogP contribution is -2.38. The van der Waals surface area contributed by atoms with Gasteiger partial charge >= 0.3 is 0 Å². The molecule has 3 rings (SSSR count). The molecule has 80 heavy (non-hydrogen) atoms. The maximum absolute atomic E-state index is 13.3. The van der Waals surface area contributed by atoms with Gasteiger partial charge in [-0.1, -0.05) is 89.9 Å². The highest BCUT2D eigenvalue weighted by Crippen LogP contribution is 2.14. The molecule has 0 aromatic carbocycles. The lowest BCUT2D eigenvalue weighted by molar-refractivity contribution is -0.134. The van der Waals surface area contributed by atoms with E-state index in [0.717, 1.165) is 104 Å². The molecule has 0 unspecified atom stereocenters. The Morgan fingerprint density at radius 3 is 0.688 bits per heavy atom. The van der Waals surface area contributed by atoms with Crippen molar-refractivity contribution in [1.82, 2.24) is 30.2 Å². The lowest BCUT2D eigenvalue weighted by Gasteiger charge is -2.24. The number of unbranched alkanes of at least 4 members (excludes halogenated alkanes) is 16. The molecule has 0 spiro atoms. The largest absolute Gasteiger partial charge is 0.378 e. The van der Waals surface area contributed by atoms with Crippen LogP contribution >= 0.6 is 0 Å². The molecule has 0 atom stereocenters. The molecule has 0 aromatic heterocycles. The van der Waals surface area contributed by atoms with Crippen LogP contribution in [0.15, 0.2) is 0 Å². The number of carbonyl (C=O) groups excluding carboxylic acids is 2. The molecule has 3 heterocycles. The van der Waals surface area contributed by atoms with Crippen molar-refractivity contribution in [2.24, 2.45) is 0 Å².